The van der Waals surface area contributed by atoms with Crippen LogP contribution in [0.25, 0.3) is 0 Å². The normalized spacial score (nSPS) is 20.1. The van der Waals surface area contributed by atoms with Gasteiger partial charge >= 0.3 is 6.09 Å². The van der Waals surface area contributed by atoms with Gasteiger partial charge in [-0.15, -0.1) is 0 Å². The third-order valence-electron chi connectivity index (χ3n) is 4.39. The van der Waals surface area contributed by atoms with Crippen LogP contribution in [0.15, 0.2) is 18.6 Å². The molecule has 1 aliphatic heterocycles. The fourth-order valence-corrected chi connectivity index (χ4v) is 3.02. The number of amides is 1. The second-order valence-corrected chi connectivity index (χ2v) is 7.68. The molecule has 0 radical (unpaired) electrons. The lowest BCUT2D eigenvalue weighted by Crippen LogP contribution is -2.45. The topological polar surface area (TPSA) is 58.6 Å². The van der Waals surface area contributed by atoms with Gasteiger partial charge in [-0.2, -0.15) is 0 Å². The third-order valence-corrected chi connectivity index (χ3v) is 4.39. The Bertz CT molecular complexity index is 530. The predicted molar refractivity (Wildman–Crippen MR) is 93.6 cm³/mol. The number of likely N-dealkylation sites (tertiary alicyclic amines) is 1. The Hall–Kier alpha value is -1.69. The molecule has 0 bridgehead atoms. The zero-order valence-electron chi connectivity index (χ0n) is 15.5. The molecule has 2 atom stereocenters. The first kappa shape index (κ1) is 18.6. The molecular formula is C18H30N4O2. The fraction of sp³-hybridized carbons (Fsp3) is 0.722. The van der Waals surface area contributed by atoms with Gasteiger partial charge in [0, 0.05) is 38.2 Å². The van der Waals surface area contributed by atoms with Crippen molar-refractivity contribution in [2.24, 2.45) is 5.92 Å². The predicted octanol–water partition coefficient (Wildman–Crippen LogP) is 3.12. The van der Waals surface area contributed by atoms with Gasteiger partial charge in [-0.3, -0.25) is 14.9 Å². The first-order valence-corrected chi connectivity index (χ1v) is 8.70. The third kappa shape index (κ3) is 5.44. The molecule has 0 spiro atoms. The summed E-state index contributed by atoms with van der Waals surface area (Å²) in [6.45, 7) is 10.3. The van der Waals surface area contributed by atoms with Crippen molar-refractivity contribution in [3.63, 3.8) is 0 Å². The second kappa shape index (κ2) is 7.92. The van der Waals surface area contributed by atoms with Crippen LogP contribution in [0, 0.1) is 5.92 Å². The van der Waals surface area contributed by atoms with Crippen LogP contribution < -0.4 is 0 Å². The molecule has 134 valence electrons. The van der Waals surface area contributed by atoms with Gasteiger partial charge in [0.05, 0.1) is 11.7 Å². The maximum Gasteiger partial charge on any atom is 0.410 e. The van der Waals surface area contributed by atoms with Crippen molar-refractivity contribution in [3.05, 3.63) is 24.3 Å². The summed E-state index contributed by atoms with van der Waals surface area (Å²) in [5.74, 6) is 0.454. The van der Waals surface area contributed by atoms with Crippen molar-refractivity contribution in [1.29, 1.82) is 0 Å². The number of hydrogen-bond acceptors (Lipinski definition) is 5. The number of ether oxygens (including phenoxy) is 1. The summed E-state index contributed by atoms with van der Waals surface area (Å²) >= 11 is 0. The number of aromatic nitrogens is 2. The molecule has 24 heavy (non-hydrogen) atoms. The molecule has 6 nitrogen and oxygen atoms in total. The molecule has 2 rings (SSSR count). The molecule has 0 aliphatic carbocycles. The number of rotatable bonds is 4. The van der Waals surface area contributed by atoms with Crippen molar-refractivity contribution < 1.29 is 9.53 Å². The van der Waals surface area contributed by atoms with E-state index in [0.717, 1.165) is 38.2 Å². The van der Waals surface area contributed by atoms with Gasteiger partial charge in [0.15, 0.2) is 0 Å². The van der Waals surface area contributed by atoms with Crippen molar-refractivity contribution >= 4 is 6.09 Å². The van der Waals surface area contributed by atoms with Crippen LogP contribution in [-0.4, -0.2) is 58.1 Å². The zero-order chi connectivity index (χ0) is 17.7. The minimum atomic E-state index is -0.443. The van der Waals surface area contributed by atoms with E-state index < -0.39 is 5.60 Å². The first-order chi connectivity index (χ1) is 11.3. The molecular weight excluding hydrogens is 304 g/mol. The molecule has 0 saturated carbocycles. The van der Waals surface area contributed by atoms with Gasteiger partial charge in [0.1, 0.15) is 5.60 Å². The van der Waals surface area contributed by atoms with E-state index in [2.05, 4.69) is 28.8 Å². The minimum absolute atomic E-state index is 0.197. The smallest absolute Gasteiger partial charge is 0.410 e. The van der Waals surface area contributed by atoms with Gasteiger partial charge in [-0.25, -0.2) is 4.79 Å². The van der Waals surface area contributed by atoms with E-state index in [4.69, 9.17) is 4.74 Å². The van der Waals surface area contributed by atoms with Crippen LogP contribution in [0.5, 0.6) is 0 Å². The molecule has 2 heterocycles. The molecule has 6 heteroatoms. The summed E-state index contributed by atoms with van der Waals surface area (Å²) in [5.41, 5.74) is 0.529. The molecule has 1 saturated heterocycles. The lowest BCUT2D eigenvalue weighted by Gasteiger charge is -2.36. The Balaban J connectivity index is 1.89. The summed E-state index contributed by atoms with van der Waals surface area (Å²) in [6.07, 6.45) is 7.20. The average Bonchev–Trinajstić information content (AvgIpc) is 2.53. The molecule has 0 N–H and O–H groups in total. The SMILES string of the molecule is CC(c1cnccn1)N(C)CC1CCCN(C(=O)OC(C)(C)C)C1. The van der Waals surface area contributed by atoms with Crippen molar-refractivity contribution in [1.82, 2.24) is 19.8 Å². The Morgan fingerprint density at radius 1 is 1.46 bits per heavy atom. The van der Waals surface area contributed by atoms with Crippen molar-refractivity contribution in [3.8, 4) is 0 Å². The Morgan fingerprint density at radius 3 is 2.83 bits per heavy atom. The summed E-state index contributed by atoms with van der Waals surface area (Å²) < 4.78 is 5.50. The molecule has 1 aromatic heterocycles. The Morgan fingerprint density at radius 2 is 2.21 bits per heavy atom. The van der Waals surface area contributed by atoms with Gasteiger partial charge in [0.2, 0.25) is 0 Å². The number of carbonyl (C=O) groups excluding carboxylic acids is 1. The van der Waals surface area contributed by atoms with Gasteiger partial charge in [-0.1, -0.05) is 0 Å². The second-order valence-electron chi connectivity index (χ2n) is 7.68. The van der Waals surface area contributed by atoms with E-state index >= 15 is 0 Å². The van der Waals surface area contributed by atoms with Gasteiger partial charge < -0.3 is 9.64 Å². The first-order valence-electron chi connectivity index (χ1n) is 8.70. The van der Waals surface area contributed by atoms with Crippen LogP contribution in [0.4, 0.5) is 4.79 Å². The highest BCUT2D eigenvalue weighted by atomic mass is 16.6. The quantitative estimate of drug-likeness (QED) is 0.847. The Kier molecular flexibility index (Phi) is 6.15. The summed E-state index contributed by atoms with van der Waals surface area (Å²) in [5, 5.41) is 0. The summed E-state index contributed by atoms with van der Waals surface area (Å²) in [7, 11) is 2.10. The van der Waals surface area contributed by atoms with E-state index in [9.17, 15) is 4.79 Å². The van der Waals surface area contributed by atoms with E-state index in [-0.39, 0.29) is 12.1 Å². The number of piperidine rings is 1. The maximum atomic E-state index is 12.3. The molecule has 1 aromatic rings. The highest BCUT2D eigenvalue weighted by Crippen LogP contribution is 2.23. The van der Waals surface area contributed by atoms with Crippen LogP contribution in [0.2, 0.25) is 0 Å². The van der Waals surface area contributed by atoms with Crippen LogP contribution >= 0.6 is 0 Å². The molecule has 2 unspecified atom stereocenters. The van der Waals surface area contributed by atoms with Crippen molar-refractivity contribution in [2.45, 2.75) is 52.2 Å². The number of carbonyl (C=O) groups is 1. The van der Waals surface area contributed by atoms with Crippen LogP contribution in [-0.2, 0) is 4.74 Å². The standard InChI is InChI=1S/C18H30N4O2/c1-14(16-11-19-8-9-20-16)21(5)12-15-7-6-10-22(13-15)17(23)24-18(2,3)4/h8-9,11,14-15H,6-7,10,12-13H2,1-5H3. The summed E-state index contributed by atoms with van der Waals surface area (Å²) in [4.78, 5) is 24.9. The lowest BCUT2D eigenvalue weighted by molar-refractivity contribution is 0.0142. The number of nitrogens with zero attached hydrogens (tertiary/aromatic N) is 4. The highest BCUT2D eigenvalue weighted by molar-refractivity contribution is 5.68. The van der Waals surface area contributed by atoms with Crippen molar-refractivity contribution in [2.75, 3.05) is 26.7 Å². The largest absolute Gasteiger partial charge is 0.444 e. The van der Waals surface area contributed by atoms with Gasteiger partial charge in [0.25, 0.3) is 0 Å². The molecule has 1 fully saturated rings. The molecule has 1 aliphatic rings. The van der Waals surface area contributed by atoms with Crippen LogP contribution in [0.3, 0.4) is 0 Å². The van der Waals surface area contributed by atoms with Crippen LogP contribution in [0.1, 0.15) is 52.3 Å². The zero-order valence-corrected chi connectivity index (χ0v) is 15.5. The maximum absolute atomic E-state index is 12.3. The number of hydrogen-bond donors (Lipinski definition) is 0. The summed E-state index contributed by atoms with van der Waals surface area (Å²) in [6, 6.07) is 0.204. The molecule has 0 aromatic carbocycles. The fourth-order valence-electron chi connectivity index (χ4n) is 3.02. The van der Waals surface area contributed by atoms with E-state index in [0.29, 0.717) is 5.92 Å². The Labute approximate surface area is 145 Å². The van der Waals surface area contributed by atoms with E-state index in [1.54, 1.807) is 12.4 Å². The monoisotopic (exact) mass is 334 g/mol. The lowest BCUT2D eigenvalue weighted by atomic mass is 9.97. The van der Waals surface area contributed by atoms with E-state index in [1.807, 2.05) is 31.9 Å². The molecule has 1 amide bonds. The average molecular weight is 334 g/mol. The van der Waals surface area contributed by atoms with E-state index in [1.165, 1.54) is 0 Å². The highest BCUT2D eigenvalue weighted by Gasteiger charge is 2.29. The minimum Gasteiger partial charge on any atom is -0.444 e. The van der Waals surface area contributed by atoms with Gasteiger partial charge in [-0.05, 0) is 53.5 Å².